The van der Waals surface area contributed by atoms with Gasteiger partial charge in [0.1, 0.15) is 0 Å². The molecule has 0 bridgehead atoms. The average molecular weight is 371 g/mol. The normalized spacial score (nSPS) is 20.9. The summed E-state index contributed by atoms with van der Waals surface area (Å²) in [5, 5.41) is 11.3. The van der Waals surface area contributed by atoms with Crippen LogP contribution in [0.2, 0.25) is 0 Å². The summed E-state index contributed by atoms with van der Waals surface area (Å²) in [7, 11) is 0. The number of nitrogens with zero attached hydrogens (tertiary/aromatic N) is 3. The smallest absolute Gasteiger partial charge is 0.233 e. The lowest BCUT2D eigenvalue weighted by molar-refractivity contribution is -0.134. The van der Waals surface area contributed by atoms with E-state index < -0.39 is 0 Å². The predicted molar refractivity (Wildman–Crippen MR) is 98.4 cm³/mol. The van der Waals surface area contributed by atoms with Gasteiger partial charge >= 0.3 is 0 Å². The van der Waals surface area contributed by atoms with Crippen molar-refractivity contribution in [2.24, 2.45) is 0 Å². The van der Waals surface area contributed by atoms with Gasteiger partial charge in [-0.05, 0) is 39.5 Å². The van der Waals surface area contributed by atoms with E-state index in [1.807, 2.05) is 11.8 Å². The predicted octanol–water partition coefficient (Wildman–Crippen LogP) is 3.55. The van der Waals surface area contributed by atoms with Crippen LogP contribution in [-0.2, 0) is 9.59 Å². The average Bonchev–Trinajstić information content (AvgIpc) is 2.98. The molecule has 1 aliphatic heterocycles. The Morgan fingerprint density at radius 2 is 2.00 bits per heavy atom. The van der Waals surface area contributed by atoms with Gasteiger partial charge in [0.15, 0.2) is 4.34 Å². The van der Waals surface area contributed by atoms with Crippen LogP contribution in [0.5, 0.6) is 0 Å². The minimum Gasteiger partial charge on any atom is -0.337 e. The molecule has 24 heavy (non-hydrogen) atoms. The SMILES string of the molecule is CCCCC(=O)Nc1nnc(SCC(=O)N2C(C)CCCC2C)s1. The minimum atomic E-state index is -0.0309. The molecule has 1 aliphatic rings. The number of amides is 2. The number of unbranched alkanes of at least 4 members (excludes halogenated alkanes) is 1. The van der Waals surface area contributed by atoms with Crippen LogP contribution < -0.4 is 5.32 Å². The number of thioether (sulfide) groups is 1. The number of carbonyl (C=O) groups excluding carboxylic acids is 2. The molecule has 8 heteroatoms. The maximum absolute atomic E-state index is 12.5. The van der Waals surface area contributed by atoms with Gasteiger partial charge < -0.3 is 10.2 Å². The molecule has 2 heterocycles. The molecule has 1 aromatic rings. The van der Waals surface area contributed by atoms with E-state index in [4.69, 9.17) is 0 Å². The summed E-state index contributed by atoms with van der Waals surface area (Å²) in [6.45, 7) is 6.29. The highest BCUT2D eigenvalue weighted by molar-refractivity contribution is 8.01. The van der Waals surface area contributed by atoms with Crippen LogP contribution in [0.3, 0.4) is 0 Å². The molecule has 1 N–H and O–H groups in total. The Hall–Kier alpha value is -1.15. The molecule has 0 spiro atoms. The zero-order valence-corrected chi connectivity index (χ0v) is 16.2. The quantitative estimate of drug-likeness (QED) is 0.587. The second-order valence-corrected chi connectivity index (χ2v) is 8.44. The van der Waals surface area contributed by atoms with Crippen molar-refractivity contribution in [3.63, 3.8) is 0 Å². The van der Waals surface area contributed by atoms with Crippen molar-refractivity contribution < 1.29 is 9.59 Å². The van der Waals surface area contributed by atoms with Crippen LogP contribution in [0, 0.1) is 0 Å². The monoisotopic (exact) mass is 370 g/mol. The van der Waals surface area contributed by atoms with Crippen molar-refractivity contribution in [1.29, 1.82) is 0 Å². The van der Waals surface area contributed by atoms with Gasteiger partial charge in [-0.1, -0.05) is 36.4 Å². The summed E-state index contributed by atoms with van der Waals surface area (Å²) in [5.41, 5.74) is 0. The maximum atomic E-state index is 12.5. The summed E-state index contributed by atoms with van der Waals surface area (Å²) >= 11 is 2.72. The van der Waals surface area contributed by atoms with Crippen molar-refractivity contribution in [3.8, 4) is 0 Å². The molecule has 2 unspecified atom stereocenters. The lowest BCUT2D eigenvalue weighted by atomic mass is 9.98. The largest absolute Gasteiger partial charge is 0.337 e. The number of hydrogen-bond donors (Lipinski definition) is 1. The second kappa shape index (κ2) is 9.36. The summed E-state index contributed by atoms with van der Waals surface area (Å²) in [6, 6.07) is 0.620. The van der Waals surface area contributed by atoms with Crippen molar-refractivity contribution in [1.82, 2.24) is 15.1 Å². The Balaban J connectivity index is 1.82. The fourth-order valence-corrected chi connectivity index (χ4v) is 4.59. The number of piperidine rings is 1. The Morgan fingerprint density at radius 3 is 2.67 bits per heavy atom. The highest BCUT2D eigenvalue weighted by Crippen LogP contribution is 2.28. The van der Waals surface area contributed by atoms with Gasteiger partial charge in [-0.2, -0.15) is 0 Å². The molecule has 2 amide bonds. The molecule has 1 aromatic heterocycles. The topological polar surface area (TPSA) is 75.2 Å². The van der Waals surface area contributed by atoms with Gasteiger partial charge in [-0.25, -0.2) is 0 Å². The van der Waals surface area contributed by atoms with Crippen molar-refractivity contribution in [2.45, 2.75) is 75.7 Å². The zero-order chi connectivity index (χ0) is 17.5. The van der Waals surface area contributed by atoms with E-state index in [1.165, 1.54) is 29.5 Å². The third-order valence-electron chi connectivity index (χ3n) is 4.21. The van der Waals surface area contributed by atoms with E-state index in [-0.39, 0.29) is 11.8 Å². The number of aromatic nitrogens is 2. The van der Waals surface area contributed by atoms with Gasteiger partial charge in [0.05, 0.1) is 5.75 Å². The van der Waals surface area contributed by atoms with Crippen LogP contribution in [0.25, 0.3) is 0 Å². The van der Waals surface area contributed by atoms with Crippen LogP contribution >= 0.6 is 23.1 Å². The van der Waals surface area contributed by atoms with Gasteiger partial charge in [0.25, 0.3) is 0 Å². The molecule has 0 radical (unpaired) electrons. The maximum Gasteiger partial charge on any atom is 0.233 e. The third kappa shape index (κ3) is 5.44. The van der Waals surface area contributed by atoms with Gasteiger partial charge in [0.2, 0.25) is 16.9 Å². The molecular formula is C16H26N4O2S2. The highest BCUT2D eigenvalue weighted by Gasteiger charge is 2.28. The molecule has 0 aliphatic carbocycles. The Kier molecular flexibility index (Phi) is 7.48. The first-order valence-corrected chi connectivity index (χ1v) is 10.4. The van der Waals surface area contributed by atoms with Crippen molar-refractivity contribution >= 4 is 40.0 Å². The van der Waals surface area contributed by atoms with Gasteiger partial charge in [-0.15, -0.1) is 10.2 Å². The third-order valence-corrected chi connectivity index (χ3v) is 6.17. The van der Waals surface area contributed by atoms with E-state index in [0.29, 0.717) is 33.7 Å². The molecule has 0 saturated carbocycles. The summed E-state index contributed by atoms with van der Waals surface area (Å²) in [6.07, 6.45) is 5.70. The van der Waals surface area contributed by atoms with E-state index in [0.717, 1.165) is 25.7 Å². The second-order valence-electron chi connectivity index (χ2n) is 6.24. The van der Waals surface area contributed by atoms with E-state index in [2.05, 4.69) is 29.4 Å². The molecule has 1 fully saturated rings. The Morgan fingerprint density at radius 1 is 1.29 bits per heavy atom. The zero-order valence-electron chi connectivity index (χ0n) is 14.6. The number of anilines is 1. The molecule has 134 valence electrons. The van der Waals surface area contributed by atoms with Gasteiger partial charge in [0, 0.05) is 18.5 Å². The number of likely N-dealkylation sites (tertiary alicyclic amines) is 1. The van der Waals surface area contributed by atoms with E-state index in [9.17, 15) is 9.59 Å². The molecule has 1 saturated heterocycles. The number of nitrogens with one attached hydrogen (secondary N) is 1. The van der Waals surface area contributed by atoms with E-state index >= 15 is 0 Å². The fraction of sp³-hybridized carbons (Fsp3) is 0.750. The lowest BCUT2D eigenvalue weighted by Gasteiger charge is -2.39. The molecule has 0 aromatic carbocycles. The number of hydrogen-bond acceptors (Lipinski definition) is 6. The first-order chi connectivity index (χ1) is 11.5. The molecule has 2 atom stereocenters. The van der Waals surface area contributed by atoms with Crippen LogP contribution in [0.4, 0.5) is 5.13 Å². The summed E-state index contributed by atoms with van der Waals surface area (Å²) in [4.78, 5) is 26.2. The number of rotatable bonds is 7. The van der Waals surface area contributed by atoms with Crippen LogP contribution in [0.15, 0.2) is 4.34 Å². The summed E-state index contributed by atoms with van der Waals surface area (Å²) in [5.74, 6) is 0.493. The first-order valence-electron chi connectivity index (χ1n) is 8.58. The molecular weight excluding hydrogens is 344 g/mol. The van der Waals surface area contributed by atoms with Crippen LogP contribution in [-0.4, -0.2) is 44.7 Å². The highest BCUT2D eigenvalue weighted by atomic mass is 32.2. The fourth-order valence-electron chi connectivity index (χ4n) is 2.95. The van der Waals surface area contributed by atoms with Gasteiger partial charge in [-0.3, -0.25) is 9.59 Å². The van der Waals surface area contributed by atoms with E-state index in [1.54, 1.807) is 0 Å². The standard InChI is InChI=1S/C16H26N4O2S2/c1-4-5-9-13(21)17-15-18-19-16(24-15)23-10-14(22)20-11(2)7-6-8-12(20)3/h11-12H,4-10H2,1-3H3,(H,17,18,21). The Bertz CT molecular complexity index is 554. The summed E-state index contributed by atoms with van der Waals surface area (Å²) < 4.78 is 0.714. The minimum absolute atomic E-state index is 0.0309. The molecule has 2 rings (SSSR count). The lowest BCUT2D eigenvalue weighted by Crippen LogP contribution is -2.48. The molecule has 6 nitrogen and oxygen atoms in total. The van der Waals surface area contributed by atoms with Crippen LogP contribution in [0.1, 0.15) is 59.3 Å². The number of carbonyl (C=O) groups is 2. The van der Waals surface area contributed by atoms with Crippen molar-refractivity contribution in [3.05, 3.63) is 0 Å². The first kappa shape index (κ1) is 19.2. The van der Waals surface area contributed by atoms with Crippen molar-refractivity contribution in [2.75, 3.05) is 11.1 Å². The Labute approximate surface area is 151 Å².